The summed E-state index contributed by atoms with van der Waals surface area (Å²) in [6.07, 6.45) is 3.27. The summed E-state index contributed by atoms with van der Waals surface area (Å²) in [5.74, 6) is -0.241. The van der Waals surface area contributed by atoms with Crippen molar-refractivity contribution in [3.63, 3.8) is 0 Å². The number of rotatable bonds is 5. The SMILES string of the molecule is CC(=O)Nc1ccc(/C=C/C(=O)NCc2c(C)cc(C)cc2C)cc1. The minimum Gasteiger partial charge on any atom is -0.348 e. The molecule has 0 heterocycles. The van der Waals surface area contributed by atoms with Gasteiger partial charge in [-0.3, -0.25) is 9.59 Å². The van der Waals surface area contributed by atoms with E-state index in [1.165, 1.54) is 29.7 Å². The van der Waals surface area contributed by atoms with Crippen molar-refractivity contribution in [3.05, 3.63) is 70.3 Å². The summed E-state index contributed by atoms with van der Waals surface area (Å²) in [5, 5.41) is 5.63. The number of nitrogens with one attached hydrogen (secondary N) is 2. The van der Waals surface area contributed by atoms with Crippen LogP contribution in [0.2, 0.25) is 0 Å². The normalized spacial score (nSPS) is 10.7. The monoisotopic (exact) mass is 336 g/mol. The van der Waals surface area contributed by atoms with Crippen molar-refractivity contribution in [1.29, 1.82) is 0 Å². The summed E-state index contributed by atoms with van der Waals surface area (Å²) in [7, 11) is 0. The van der Waals surface area contributed by atoms with E-state index in [0.29, 0.717) is 6.54 Å². The predicted octanol–water partition coefficient (Wildman–Crippen LogP) is 3.90. The number of carbonyl (C=O) groups excluding carboxylic acids is 2. The Balaban J connectivity index is 1.94. The van der Waals surface area contributed by atoms with Crippen LogP contribution in [0, 0.1) is 20.8 Å². The summed E-state index contributed by atoms with van der Waals surface area (Å²) in [6.45, 7) is 8.18. The van der Waals surface area contributed by atoms with Crippen LogP contribution in [0.5, 0.6) is 0 Å². The van der Waals surface area contributed by atoms with Crippen LogP contribution in [0.15, 0.2) is 42.5 Å². The molecular formula is C21H24N2O2. The Morgan fingerprint density at radius 1 is 1.00 bits per heavy atom. The maximum atomic E-state index is 12.0. The predicted molar refractivity (Wildman–Crippen MR) is 102 cm³/mol. The van der Waals surface area contributed by atoms with Crippen LogP contribution < -0.4 is 10.6 Å². The third kappa shape index (κ3) is 5.60. The fraction of sp³-hybridized carbons (Fsp3) is 0.238. The van der Waals surface area contributed by atoms with Crippen molar-refractivity contribution in [2.45, 2.75) is 34.2 Å². The Kier molecular flexibility index (Phi) is 6.12. The zero-order valence-corrected chi connectivity index (χ0v) is 15.1. The number of carbonyl (C=O) groups is 2. The molecule has 25 heavy (non-hydrogen) atoms. The molecule has 2 amide bonds. The molecule has 0 unspecified atom stereocenters. The van der Waals surface area contributed by atoms with Crippen molar-refractivity contribution >= 4 is 23.6 Å². The largest absolute Gasteiger partial charge is 0.348 e. The Morgan fingerprint density at radius 3 is 2.16 bits per heavy atom. The molecule has 130 valence electrons. The fourth-order valence-corrected chi connectivity index (χ4v) is 2.78. The Hall–Kier alpha value is -2.88. The first-order chi connectivity index (χ1) is 11.8. The average molecular weight is 336 g/mol. The first-order valence-corrected chi connectivity index (χ1v) is 8.25. The molecular weight excluding hydrogens is 312 g/mol. The summed E-state index contributed by atoms with van der Waals surface area (Å²) in [4.78, 5) is 23.0. The van der Waals surface area contributed by atoms with E-state index < -0.39 is 0 Å². The lowest BCUT2D eigenvalue weighted by atomic mass is 10.00. The van der Waals surface area contributed by atoms with Crippen molar-refractivity contribution in [2.75, 3.05) is 5.32 Å². The lowest BCUT2D eigenvalue weighted by molar-refractivity contribution is -0.116. The second-order valence-electron chi connectivity index (χ2n) is 6.23. The lowest BCUT2D eigenvalue weighted by Crippen LogP contribution is -2.21. The second kappa shape index (κ2) is 8.29. The zero-order valence-electron chi connectivity index (χ0n) is 15.1. The van der Waals surface area contributed by atoms with Crippen molar-refractivity contribution < 1.29 is 9.59 Å². The Labute approximate surface area is 149 Å². The van der Waals surface area contributed by atoms with Gasteiger partial charge in [0.15, 0.2) is 0 Å². The molecule has 2 aromatic carbocycles. The molecule has 0 radical (unpaired) electrons. The van der Waals surface area contributed by atoms with Gasteiger partial charge in [0.05, 0.1) is 0 Å². The van der Waals surface area contributed by atoms with Crippen LogP contribution in [0.4, 0.5) is 5.69 Å². The summed E-state index contributed by atoms with van der Waals surface area (Å²) < 4.78 is 0. The molecule has 0 bridgehead atoms. The topological polar surface area (TPSA) is 58.2 Å². The Morgan fingerprint density at radius 2 is 1.60 bits per heavy atom. The standard InChI is InChI=1S/C21H24N2O2/c1-14-11-15(2)20(16(3)12-14)13-22-21(25)10-7-18-5-8-19(9-6-18)23-17(4)24/h5-12H,13H2,1-4H3,(H,22,25)(H,23,24)/b10-7+. The molecule has 0 atom stereocenters. The van der Waals surface area contributed by atoms with Gasteiger partial charge in [0.1, 0.15) is 0 Å². The highest BCUT2D eigenvalue weighted by atomic mass is 16.2. The van der Waals surface area contributed by atoms with E-state index in [1.54, 1.807) is 18.2 Å². The van der Waals surface area contributed by atoms with Crippen molar-refractivity contribution in [3.8, 4) is 0 Å². The highest BCUT2D eigenvalue weighted by Gasteiger charge is 2.05. The quantitative estimate of drug-likeness (QED) is 0.814. The summed E-state index contributed by atoms with van der Waals surface area (Å²) >= 11 is 0. The summed E-state index contributed by atoms with van der Waals surface area (Å²) in [5.41, 5.74) is 6.40. The number of aryl methyl sites for hydroxylation is 3. The van der Waals surface area contributed by atoms with Gasteiger partial charge < -0.3 is 10.6 Å². The molecule has 2 N–H and O–H groups in total. The molecule has 0 aliphatic carbocycles. The van der Waals surface area contributed by atoms with E-state index in [0.717, 1.165) is 16.8 Å². The lowest BCUT2D eigenvalue weighted by Gasteiger charge is -2.11. The molecule has 0 aromatic heterocycles. The minimum absolute atomic E-state index is 0.107. The van der Waals surface area contributed by atoms with Crippen LogP contribution in [0.1, 0.15) is 34.7 Å². The van der Waals surface area contributed by atoms with Gasteiger partial charge in [-0.1, -0.05) is 29.8 Å². The van der Waals surface area contributed by atoms with E-state index in [2.05, 4.69) is 43.5 Å². The molecule has 0 saturated carbocycles. The molecule has 4 nitrogen and oxygen atoms in total. The Bertz CT molecular complexity index is 782. The highest BCUT2D eigenvalue weighted by molar-refractivity contribution is 5.92. The van der Waals surface area contributed by atoms with Crippen LogP contribution in [0.25, 0.3) is 6.08 Å². The van der Waals surface area contributed by atoms with E-state index in [4.69, 9.17) is 0 Å². The van der Waals surface area contributed by atoms with Gasteiger partial charge in [-0.25, -0.2) is 0 Å². The molecule has 0 fully saturated rings. The van der Waals surface area contributed by atoms with Gasteiger partial charge >= 0.3 is 0 Å². The van der Waals surface area contributed by atoms with Gasteiger partial charge in [-0.15, -0.1) is 0 Å². The molecule has 4 heteroatoms. The second-order valence-corrected chi connectivity index (χ2v) is 6.23. The first-order valence-electron chi connectivity index (χ1n) is 8.25. The molecule has 2 aromatic rings. The smallest absolute Gasteiger partial charge is 0.244 e. The summed E-state index contributed by atoms with van der Waals surface area (Å²) in [6, 6.07) is 11.6. The number of amides is 2. The highest BCUT2D eigenvalue weighted by Crippen LogP contribution is 2.16. The van der Waals surface area contributed by atoms with Gasteiger partial charge in [0, 0.05) is 25.2 Å². The van der Waals surface area contributed by atoms with E-state index >= 15 is 0 Å². The molecule has 0 saturated heterocycles. The number of benzene rings is 2. The van der Waals surface area contributed by atoms with Crippen molar-refractivity contribution in [1.82, 2.24) is 5.32 Å². The molecule has 2 rings (SSSR count). The fourth-order valence-electron chi connectivity index (χ4n) is 2.78. The zero-order chi connectivity index (χ0) is 18.4. The third-order valence-electron chi connectivity index (χ3n) is 3.94. The number of anilines is 1. The maximum absolute atomic E-state index is 12.0. The third-order valence-corrected chi connectivity index (χ3v) is 3.94. The first kappa shape index (κ1) is 18.5. The van der Waals surface area contributed by atoms with Crippen LogP contribution in [0.3, 0.4) is 0 Å². The van der Waals surface area contributed by atoms with Gasteiger partial charge in [-0.2, -0.15) is 0 Å². The molecule has 0 aliphatic heterocycles. The molecule has 0 spiro atoms. The molecule has 0 aliphatic rings. The van der Waals surface area contributed by atoms with Gasteiger partial charge in [0.25, 0.3) is 0 Å². The van der Waals surface area contributed by atoms with E-state index in [1.807, 2.05) is 12.1 Å². The van der Waals surface area contributed by atoms with Crippen LogP contribution >= 0.6 is 0 Å². The van der Waals surface area contributed by atoms with E-state index in [9.17, 15) is 9.59 Å². The number of hydrogen-bond acceptors (Lipinski definition) is 2. The maximum Gasteiger partial charge on any atom is 0.244 e. The van der Waals surface area contributed by atoms with Crippen LogP contribution in [-0.2, 0) is 16.1 Å². The minimum atomic E-state index is -0.134. The average Bonchev–Trinajstić information content (AvgIpc) is 2.52. The van der Waals surface area contributed by atoms with Gasteiger partial charge in [0.2, 0.25) is 11.8 Å². The van der Waals surface area contributed by atoms with Gasteiger partial charge in [-0.05, 0) is 61.2 Å². The van der Waals surface area contributed by atoms with Crippen molar-refractivity contribution in [2.24, 2.45) is 0 Å². The number of hydrogen-bond donors (Lipinski definition) is 2. The van der Waals surface area contributed by atoms with E-state index in [-0.39, 0.29) is 11.8 Å². The van der Waals surface area contributed by atoms with Crippen LogP contribution in [-0.4, -0.2) is 11.8 Å².